The SMILES string of the molecule is CC(C)Oc1ccc(Cl)cc1/C=C(/Sc1nc2ccccc2o1)C(=O)O. The number of hydrogen-bond donors (Lipinski definition) is 1. The molecule has 5 nitrogen and oxygen atoms in total. The van der Waals surface area contributed by atoms with E-state index in [4.69, 9.17) is 20.8 Å². The fourth-order valence-electron chi connectivity index (χ4n) is 2.26. The maximum Gasteiger partial charge on any atom is 0.342 e. The van der Waals surface area contributed by atoms with Gasteiger partial charge in [-0.25, -0.2) is 9.78 Å². The summed E-state index contributed by atoms with van der Waals surface area (Å²) < 4.78 is 11.3. The van der Waals surface area contributed by atoms with Gasteiger partial charge >= 0.3 is 5.97 Å². The number of hydrogen-bond acceptors (Lipinski definition) is 5. The molecule has 0 bridgehead atoms. The zero-order valence-electron chi connectivity index (χ0n) is 14.1. The van der Waals surface area contributed by atoms with Crippen LogP contribution < -0.4 is 4.74 Å². The van der Waals surface area contributed by atoms with Crippen LogP contribution in [0.5, 0.6) is 5.75 Å². The first kappa shape index (κ1) is 18.4. The van der Waals surface area contributed by atoms with Gasteiger partial charge in [0.15, 0.2) is 5.58 Å². The molecule has 0 radical (unpaired) electrons. The van der Waals surface area contributed by atoms with Gasteiger partial charge in [-0.1, -0.05) is 23.7 Å². The number of oxazole rings is 1. The highest BCUT2D eigenvalue weighted by Gasteiger charge is 2.16. The number of aliphatic carboxylic acids is 1. The lowest BCUT2D eigenvalue weighted by molar-refractivity contribution is -0.131. The quantitative estimate of drug-likeness (QED) is 0.444. The summed E-state index contributed by atoms with van der Waals surface area (Å²) in [6.07, 6.45) is 1.45. The van der Waals surface area contributed by atoms with Gasteiger partial charge in [-0.3, -0.25) is 0 Å². The number of halogens is 1. The number of ether oxygens (including phenoxy) is 1. The van der Waals surface area contributed by atoms with Crippen molar-refractivity contribution < 1.29 is 19.1 Å². The first-order valence-corrected chi connectivity index (χ1v) is 9.06. The molecular weight excluding hydrogens is 374 g/mol. The van der Waals surface area contributed by atoms with Crippen LogP contribution in [0.2, 0.25) is 5.02 Å². The molecule has 134 valence electrons. The Bertz CT molecular complexity index is 948. The van der Waals surface area contributed by atoms with Crippen molar-refractivity contribution in [1.82, 2.24) is 4.98 Å². The Balaban J connectivity index is 1.97. The molecule has 3 aromatic rings. The molecule has 0 unspecified atom stereocenters. The molecule has 1 heterocycles. The number of benzene rings is 2. The van der Waals surface area contributed by atoms with Crippen LogP contribution >= 0.6 is 23.4 Å². The molecule has 0 aliphatic carbocycles. The zero-order valence-corrected chi connectivity index (χ0v) is 15.7. The topological polar surface area (TPSA) is 72.6 Å². The lowest BCUT2D eigenvalue weighted by Gasteiger charge is -2.13. The van der Waals surface area contributed by atoms with Crippen LogP contribution in [0.3, 0.4) is 0 Å². The van der Waals surface area contributed by atoms with E-state index in [1.165, 1.54) is 6.08 Å². The summed E-state index contributed by atoms with van der Waals surface area (Å²) in [6.45, 7) is 3.79. The molecule has 0 spiro atoms. The van der Waals surface area contributed by atoms with Crippen LogP contribution in [0.4, 0.5) is 0 Å². The van der Waals surface area contributed by atoms with E-state index in [2.05, 4.69) is 4.98 Å². The minimum absolute atomic E-state index is 0.0485. The maximum absolute atomic E-state index is 11.7. The number of rotatable bonds is 6. The van der Waals surface area contributed by atoms with Gasteiger partial charge in [0.25, 0.3) is 5.22 Å². The summed E-state index contributed by atoms with van der Waals surface area (Å²) in [5.41, 5.74) is 1.85. The molecule has 0 saturated heterocycles. The standard InChI is InChI=1S/C19H16ClNO4S/c1-11(2)24-15-8-7-13(20)9-12(15)10-17(18(22)23)26-19-21-14-5-3-4-6-16(14)25-19/h3-11H,1-2H3,(H,22,23)/b17-10+. The summed E-state index contributed by atoms with van der Waals surface area (Å²) in [6, 6.07) is 12.3. The van der Waals surface area contributed by atoms with Crippen molar-refractivity contribution in [2.24, 2.45) is 0 Å². The lowest BCUT2D eigenvalue weighted by Crippen LogP contribution is -2.07. The molecule has 2 aromatic carbocycles. The fraction of sp³-hybridized carbons (Fsp3) is 0.158. The van der Waals surface area contributed by atoms with Crippen molar-refractivity contribution >= 4 is 46.5 Å². The summed E-state index contributed by atoms with van der Waals surface area (Å²) >= 11 is 7.00. The Hall–Kier alpha value is -2.44. The van der Waals surface area contributed by atoms with E-state index in [1.807, 2.05) is 26.0 Å². The molecule has 0 atom stereocenters. The molecule has 1 aromatic heterocycles. The monoisotopic (exact) mass is 389 g/mol. The van der Waals surface area contributed by atoms with E-state index in [9.17, 15) is 9.90 Å². The van der Waals surface area contributed by atoms with E-state index in [0.717, 1.165) is 11.8 Å². The Morgan fingerprint density at radius 1 is 1.31 bits per heavy atom. The third kappa shape index (κ3) is 4.39. The highest BCUT2D eigenvalue weighted by molar-refractivity contribution is 8.03. The van der Waals surface area contributed by atoms with Crippen molar-refractivity contribution in [2.75, 3.05) is 0 Å². The Kier molecular flexibility index (Phi) is 5.54. The van der Waals surface area contributed by atoms with E-state index < -0.39 is 5.97 Å². The summed E-state index contributed by atoms with van der Waals surface area (Å²) in [7, 11) is 0. The van der Waals surface area contributed by atoms with Crippen molar-refractivity contribution in [3.8, 4) is 5.75 Å². The number of carboxylic acids is 1. The summed E-state index contributed by atoms with van der Waals surface area (Å²) in [5, 5.41) is 10.3. The second kappa shape index (κ2) is 7.85. The summed E-state index contributed by atoms with van der Waals surface area (Å²) in [5.74, 6) is -0.533. The van der Waals surface area contributed by atoms with Crippen LogP contribution in [0, 0.1) is 0 Å². The number of aromatic nitrogens is 1. The Morgan fingerprint density at radius 2 is 2.08 bits per heavy atom. The van der Waals surface area contributed by atoms with Gasteiger partial charge in [-0.2, -0.15) is 0 Å². The van der Waals surface area contributed by atoms with Crippen LogP contribution in [-0.2, 0) is 4.79 Å². The molecule has 0 fully saturated rings. The van der Waals surface area contributed by atoms with E-state index in [-0.39, 0.29) is 16.2 Å². The highest BCUT2D eigenvalue weighted by atomic mass is 35.5. The van der Waals surface area contributed by atoms with Gasteiger partial charge in [0, 0.05) is 10.6 Å². The lowest BCUT2D eigenvalue weighted by atomic mass is 10.2. The van der Waals surface area contributed by atoms with Crippen molar-refractivity contribution in [1.29, 1.82) is 0 Å². The first-order chi connectivity index (χ1) is 12.4. The molecule has 7 heteroatoms. The highest BCUT2D eigenvalue weighted by Crippen LogP contribution is 2.33. The predicted molar refractivity (Wildman–Crippen MR) is 103 cm³/mol. The van der Waals surface area contributed by atoms with Crippen molar-refractivity contribution in [3.63, 3.8) is 0 Å². The van der Waals surface area contributed by atoms with Gasteiger partial charge in [0.05, 0.1) is 6.10 Å². The van der Waals surface area contributed by atoms with Gasteiger partial charge in [-0.15, -0.1) is 0 Å². The van der Waals surface area contributed by atoms with Crippen LogP contribution in [0.1, 0.15) is 19.4 Å². The Labute approximate surface area is 159 Å². The number of thioether (sulfide) groups is 1. The molecule has 0 aliphatic rings. The number of carboxylic acid groups (broad SMARTS) is 1. The second-order valence-corrected chi connectivity index (χ2v) is 7.14. The van der Waals surface area contributed by atoms with Gasteiger partial charge < -0.3 is 14.3 Å². The predicted octanol–water partition coefficient (Wildman–Crippen LogP) is 5.49. The van der Waals surface area contributed by atoms with Crippen LogP contribution in [0.25, 0.3) is 17.2 Å². The number of para-hydroxylation sites is 2. The number of nitrogens with zero attached hydrogens (tertiary/aromatic N) is 1. The summed E-state index contributed by atoms with van der Waals surface area (Å²) in [4.78, 5) is 16.1. The van der Waals surface area contributed by atoms with Crippen LogP contribution in [0.15, 0.2) is 57.0 Å². The average Bonchev–Trinajstić information content (AvgIpc) is 2.98. The molecule has 0 saturated carbocycles. The maximum atomic E-state index is 11.7. The van der Waals surface area contributed by atoms with E-state index in [0.29, 0.717) is 27.4 Å². The zero-order chi connectivity index (χ0) is 18.7. The first-order valence-electron chi connectivity index (χ1n) is 7.87. The van der Waals surface area contributed by atoms with Crippen molar-refractivity contribution in [2.45, 2.75) is 25.2 Å². The molecule has 0 aliphatic heterocycles. The molecule has 3 rings (SSSR count). The van der Waals surface area contributed by atoms with Crippen molar-refractivity contribution in [3.05, 3.63) is 58.0 Å². The van der Waals surface area contributed by atoms with Gasteiger partial charge in [0.2, 0.25) is 0 Å². The minimum atomic E-state index is -1.09. The molecule has 1 N–H and O–H groups in total. The number of fused-ring (bicyclic) bond motifs is 1. The minimum Gasteiger partial charge on any atom is -0.490 e. The fourth-order valence-corrected chi connectivity index (χ4v) is 3.18. The molecular formula is C19H16ClNO4S. The van der Waals surface area contributed by atoms with E-state index in [1.54, 1.807) is 30.3 Å². The normalized spacial score (nSPS) is 11.9. The number of carbonyl (C=O) groups is 1. The molecule has 0 amide bonds. The second-order valence-electron chi connectivity index (χ2n) is 5.71. The van der Waals surface area contributed by atoms with Gasteiger partial charge in [-0.05, 0) is 62.0 Å². The van der Waals surface area contributed by atoms with Gasteiger partial charge in [0.1, 0.15) is 16.2 Å². The van der Waals surface area contributed by atoms with E-state index >= 15 is 0 Å². The van der Waals surface area contributed by atoms with Crippen LogP contribution in [-0.4, -0.2) is 22.2 Å². The third-order valence-electron chi connectivity index (χ3n) is 3.30. The third-order valence-corrected chi connectivity index (χ3v) is 4.40. The molecule has 26 heavy (non-hydrogen) atoms. The average molecular weight is 390 g/mol. The smallest absolute Gasteiger partial charge is 0.342 e. The largest absolute Gasteiger partial charge is 0.490 e. The Morgan fingerprint density at radius 3 is 2.77 bits per heavy atom.